The normalized spacial score (nSPS) is 23.9. The van der Waals surface area contributed by atoms with Gasteiger partial charge < -0.3 is 46.0 Å². The Hall–Kier alpha value is -1.48. The van der Waals surface area contributed by atoms with Gasteiger partial charge in [0, 0.05) is 0 Å². The summed E-state index contributed by atoms with van der Waals surface area (Å²) >= 11 is 0. The molecule has 0 bridgehead atoms. The molecule has 1 aliphatic carbocycles. The minimum atomic E-state index is -5.14. The molecule has 0 radical (unpaired) electrons. The maximum atomic E-state index is 13.0. The first-order valence-corrected chi connectivity index (χ1v) is 24.5. The molecule has 1 amide bonds. The number of amides is 1. The lowest BCUT2D eigenvalue weighted by Gasteiger charge is -2.41. The molecule has 1 saturated carbocycles. The van der Waals surface area contributed by atoms with Gasteiger partial charge in [0.15, 0.2) is 0 Å². The van der Waals surface area contributed by atoms with Gasteiger partial charge in [-0.1, -0.05) is 153 Å². The molecule has 14 heteroatoms. The molecule has 13 nitrogen and oxygen atoms in total. The molecule has 0 aromatic rings. The largest absolute Gasteiger partial charge is 0.472 e. The SMILES string of the molecule is CCCCCC/C=C/CC/C=C/C(O)C(COP(=O)(O)OC1C(O)C(O)C(O)C(O)C1O)NC(=O)CC(O)CCCCCCC/C=C\CCCCCCCCCCCC. The van der Waals surface area contributed by atoms with Gasteiger partial charge in [-0.25, -0.2) is 4.57 Å². The fourth-order valence-corrected chi connectivity index (χ4v) is 8.10. The van der Waals surface area contributed by atoms with Crippen LogP contribution in [-0.2, 0) is 18.4 Å². The molecule has 8 unspecified atom stereocenters. The summed E-state index contributed by atoms with van der Waals surface area (Å²) in [6, 6.07) is -1.26. The number of hydrogen-bond acceptors (Lipinski definition) is 11. The lowest BCUT2D eigenvalue weighted by Crippen LogP contribution is -2.64. The predicted molar refractivity (Wildman–Crippen MR) is 233 cm³/mol. The Labute approximate surface area is 356 Å². The molecule has 0 spiro atoms. The van der Waals surface area contributed by atoms with E-state index in [1.807, 2.05) is 0 Å². The Kier molecular flexibility index (Phi) is 33.0. The maximum absolute atomic E-state index is 13.0. The zero-order valence-electron chi connectivity index (χ0n) is 36.4. The molecule has 0 heterocycles. The maximum Gasteiger partial charge on any atom is 0.472 e. The Bertz CT molecular complexity index is 1160. The number of aliphatic hydroxyl groups is 7. The lowest BCUT2D eigenvalue weighted by molar-refractivity contribution is -0.220. The van der Waals surface area contributed by atoms with Crippen LogP contribution in [0.5, 0.6) is 0 Å². The Morgan fingerprint density at radius 2 is 1.00 bits per heavy atom. The number of phosphoric ester groups is 1. The number of hydrogen-bond donors (Lipinski definition) is 9. The van der Waals surface area contributed by atoms with Crippen molar-refractivity contribution in [2.45, 2.75) is 236 Å². The quantitative estimate of drug-likeness (QED) is 0.0170. The molecule has 346 valence electrons. The first kappa shape index (κ1) is 55.5. The summed E-state index contributed by atoms with van der Waals surface area (Å²) in [6.45, 7) is 3.67. The van der Waals surface area contributed by atoms with E-state index in [4.69, 9.17) is 9.05 Å². The van der Waals surface area contributed by atoms with Crippen LogP contribution in [0, 0.1) is 0 Å². The number of aliphatic hydroxyl groups excluding tert-OH is 7. The number of allylic oxidation sites excluding steroid dienone is 5. The molecule has 0 saturated heterocycles. The first-order chi connectivity index (χ1) is 28.3. The molecule has 1 aliphatic rings. The Morgan fingerprint density at radius 1 is 0.593 bits per heavy atom. The number of carbonyl (C=O) groups excluding carboxylic acids is 1. The van der Waals surface area contributed by atoms with Gasteiger partial charge in [-0.05, 0) is 57.8 Å². The van der Waals surface area contributed by atoms with Crippen molar-refractivity contribution in [2.24, 2.45) is 0 Å². The second-order valence-corrected chi connectivity index (χ2v) is 17.8. The number of carbonyl (C=O) groups is 1. The molecule has 9 N–H and O–H groups in total. The number of rotatable bonds is 37. The van der Waals surface area contributed by atoms with E-state index in [2.05, 4.69) is 43.5 Å². The highest BCUT2D eigenvalue weighted by molar-refractivity contribution is 7.47. The molecule has 0 aliphatic heterocycles. The second kappa shape index (κ2) is 35.0. The highest BCUT2D eigenvalue weighted by atomic mass is 31.2. The lowest BCUT2D eigenvalue weighted by atomic mass is 9.85. The minimum Gasteiger partial charge on any atom is -0.393 e. The van der Waals surface area contributed by atoms with Crippen LogP contribution in [0.15, 0.2) is 36.5 Å². The third kappa shape index (κ3) is 27.2. The van der Waals surface area contributed by atoms with Crippen molar-refractivity contribution in [3.05, 3.63) is 36.5 Å². The smallest absolute Gasteiger partial charge is 0.393 e. The van der Waals surface area contributed by atoms with Crippen LogP contribution in [0.4, 0.5) is 0 Å². The highest BCUT2D eigenvalue weighted by Crippen LogP contribution is 2.47. The van der Waals surface area contributed by atoms with Crippen LogP contribution in [0.3, 0.4) is 0 Å². The van der Waals surface area contributed by atoms with Crippen molar-refractivity contribution in [1.29, 1.82) is 0 Å². The molecular weight excluding hydrogens is 777 g/mol. The van der Waals surface area contributed by atoms with Crippen LogP contribution >= 0.6 is 7.82 Å². The van der Waals surface area contributed by atoms with Gasteiger partial charge >= 0.3 is 7.82 Å². The van der Waals surface area contributed by atoms with E-state index in [1.165, 1.54) is 89.5 Å². The average Bonchev–Trinajstić information content (AvgIpc) is 3.21. The standard InChI is InChI=1S/C45H84NO12P/c1-3-5-7-9-11-13-15-16-17-18-19-20-21-22-23-24-26-28-30-32-36(47)34-39(49)46-37(38(48)33-31-29-27-25-14-12-10-8-6-4-2)35-57-59(55,56)58-45-43(53)41(51)40(50)42(52)44(45)54/h14,20-21,25,31,33,36-38,40-45,47-48,50-54H,3-13,15-19,22-24,26-30,32,34-35H2,1-2H3,(H,46,49)(H,55,56)/b21-20-,25-14+,33-31+. The van der Waals surface area contributed by atoms with Crippen LogP contribution < -0.4 is 5.32 Å². The summed E-state index contributed by atoms with van der Waals surface area (Å²) < 4.78 is 22.8. The third-order valence-corrected chi connectivity index (χ3v) is 11.9. The molecule has 59 heavy (non-hydrogen) atoms. The monoisotopic (exact) mass is 862 g/mol. The predicted octanol–water partition coefficient (Wildman–Crippen LogP) is 7.36. The fraction of sp³-hybridized carbons (Fsp3) is 0.844. The summed E-state index contributed by atoms with van der Waals surface area (Å²) in [7, 11) is -5.14. The van der Waals surface area contributed by atoms with Gasteiger partial charge in [0.2, 0.25) is 5.91 Å². The second-order valence-electron chi connectivity index (χ2n) is 16.4. The average molecular weight is 862 g/mol. The summed E-state index contributed by atoms with van der Waals surface area (Å²) in [6.07, 6.45) is 25.4. The Balaban J connectivity index is 2.50. The summed E-state index contributed by atoms with van der Waals surface area (Å²) in [5.74, 6) is -0.610. The van der Waals surface area contributed by atoms with Gasteiger partial charge in [0.1, 0.15) is 36.6 Å². The molecule has 0 aromatic carbocycles. The summed E-state index contributed by atoms with van der Waals surface area (Å²) in [5.41, 5.74) is 0. The van der Waals surface area contributed by atoms with E-state index in [0.29, 0.717) is 12.8 Å². The van der Waals surface area contributed by atoms with Crippen LogP contribution in [0.1, 0.15) is 181 Å². The fourth-order valence-electron chi connectivity index (χ4n) is 7.13. The van der Waals surface area contributed by atoms with E-state index < -0.39 is 75.2 Å². The Morgan fingerprint density at radius 3 is 1.51 bits per heavy atom. The molecule has 1 rings (SSSR count). The van der Waals surface area contributed by atoms with Crippen LogP contribution in [0.25, 0.3) is 0 Å². The van der Waals surface area contributed by atoms with Crippen molar-refractivity contribution in [3.8, 4) is 0 Å². The highest BCUT2D eigenvalue weighted by Gasteiger charge is 2.51. The van der Waals surface area contributed by atoms with Crippen LogP contribution in [-0.4, -0.2) is 108 Å². The van der Waals surface area contributed by atoms with E-state index >= 15 is 0 Å². The van der Waals surface area contributed by atoms with Crippen molar-refractivity contribution in [3.63, 3.8) is 0 Å². The number of unbranched alkanes of at least 4 members (excludes halogenated alkanes) is 20. The minimum absolute atomic E-state index is 0.258. The van der Waals surface area contributed by atoms with Crippen molar-refractivity contribution in [1.82, 2.24) is 5.32 Å². The van der Waals surface area contributed by atoms with E-state index in [-0.39, 0.29) is 6.42 Å². The molecule has 8 atom stereocenters. The van der Waals surface area contributed by atoms with E-state index in [0.717, 1.165) is 64.2 Å². The number of nitrogens with one attached hydrogen (secondary N) is 1. The third-order valence-electron chi connectivity index (χ3n) is 10.9. The van der Waals surface area contributed by atoms with E-state index in [1.54, 1.807) is 6.08 Å². The van der Waals surface area contributed by atoms with Gasteiger partial charge in [-0.3, -0.25) is 13.8 Å². The van der Waals surface area contributed by atoms with Crippen molar-refractivity contribution in [2.75, 3.05) is 6.61 Å². The zero-order valence-corrected chi connectivity index (χ0v) is 37.3. The van der Waals surface area contributed by atoms with Gasteiger partial charge in [-0.15, -0.1) is 0 Å². The first-order valence-electron chi connectivity index (χ1n) is 23.0. The topological polar surface area (TPSA) is 226 Å². The van der Waals surface area contributed by atoms with E-state index in [9.17, 15) is 50.0 Å². The molecular formula is C45H84NO12P. The van der Waals surface area contributed by atoms with Crippen molar-refractivity contribution < 1.29 is 59.0 Å². The summed E-state index contributed by atoms with van der Waals surface area (Å²) in [5, 5.41) is 74.2. The van der Waals surface area contributed by atoms with Crippen molar-refractivity contribution >= 4 is 13.7 Å². The number of phosphoric acid groups is 1. The van der Waals surface area contributed by atoms with Gasteiger partial charge in [-0.2, -0.15) is 0 Å². The van der Waals surface area contributed by atoms with Gasteiger partial charge in [0.05, 0.1) is 31.3 Å². The summed E-state index contributed by atoms with van der Waals surface area (Å²) in [4.78, 5) is 23.4. The zero-order chi connectivity index (χ0) is 43.7. The van der Waals surface area contributed by atoms with Gasteiger partial charge in [0.25, 0.3) is 0 Å². The molecule has 0 aromatic heterocycles. The van der Waals surface area contributed by atoms with Crippen LogP contribution in [0.2, 0.25) is 0 Å². The molecule has 1 fully saturated rings.